The first kappa shape index (κ1) is 18.6. The molecule has 1 atom stereocenters. The minimum Gasteiger partial charge on any atom is -0.484 e. The van der Waals surface area contributed by atoms with Crippen molar-refractivity contribution in [1.29, 1.82) is 0 Å². The molecule has 3 rings (SSSR count). The summed E-state index contributed by atoms with van der Waals surface area (Å²) in [6, 6.07) is 12.4. The molecular weight excluding hydrogens is 344 g/mol. The summed E-state index contributed by atoms with van der Waals surface area (Å²) < 4.78 is 5.51. The minimum atomic E-state index is -0.372. The van der Waals surface area contributed by atoms with Crippen molar-refractivity contribution in [2.45, 2.75) is 26.2 Å². The molecule has 0 fully saturated rings. The maximum absolute atomic E-state index is 12.1. The van der Waals surface area contributed by atoms with Crippen LogP contribution in [0.5, 0.6) is 5.75 Å². The van der Waals surface area contributed by atoms with Crippen molar-refractivity contribution in [2.75, 3.05) is 19.0 Å². The number of amides is 3. The molecule has 1 aliphatic rings. The molecule has 27 heavy (non-hydrogen) atoms. The lowest BCUT2D eigenvalue weighted by atomic mass is 9.99. The number of hydrogen-bond acceptors (Lipinski definition) is 4. The third-order valence-corrected chi connectivity index (χ3v) is 4.80. The second-order valence-corrected chi connectivity index (χ2v) is 6.64. The summed E-state index contributed by atoms with van der Waals surface area (Å²) in [5, 5.41) is 2.68. The van der Waals surface area contributed by atoms with E-state index in [-0.39, 0.29) is 24.3 Å². The van der Waals surface area contributed by atoms with Gasteiger partial charge in [0.15, 0.2) is 6.61 Å². The molecule has 0 aliphatic carbocycles. The monoisotopic (exact) mass is 366 g/mol. The van der Waals surface area contributed by atoms with Gasteiger partial charge in [0, 0.05) is 12.7 Å². The Hall–Kier alpha value is -3.15. The number of anilines is 1. The molecule has 0 radical (unpaired) electrons. The molecule has 0 spiro atoms. The molecule has 0 aromatic heterocycles. The molecule has 6 nitrogen and oxygen atoms in total. The summed E-state index contributed by atoms with van der Waals surface area (Å²) >= 11 is 0. The highest BCUT2D eigenvalue weighted by Gasteiger charge is 2.32. The highest BCUT2D eigenvalue weighted by atomic mass is 16.5. The Bertz CT molecular complexity index is 890. The molecule has 1 unspecified atom stereocenters. The molecule has 2 aromatic carbocycles. The Morgan fingerprint density at radius 3 is 2.41 bits per heavy atom. The van der Waals surface area contributed by atoms with Gasteiger partial charge in [0.2, 0.25) is 0 Å². The first-order valence-corrected chi connectivity index (χ1v) is 8.89. The SMILES string of the molecule is CCC(C)c1ccc(OCC(=O)Nc2ccc3c(c2)C(=O)N(C)C3=O)cc1. The number of rotatable bonds is 6. The van der Waals surface area contributed by atoms with Gasteiger partial charge in [-0.3, -0.25) is 19.3 Å². The van der Waals surface area contributed by atoms with E-state index >= 15 is 0 Å². The van der Waals surface area contributed by atoms with Crippen LogP contribution < -0.4 is 10.1 Å². The highest BCUT2D eigenvalue weighted by molar-refractivity contribution is 6.21. The summed E-state index contributed by atoms with van der Waals surface area (Å²) in [5.74, 6) is 0.0521. The first-order valence-electron chi connectivity index (χ1n) is 8.89. The fourth-order valence-electron chi connectivity index (χ4n) is 2.91. The lowest BCUT2D eigenvalue weighted by Crippen LogP contribution is -2.24. The van der Waals surface area contributed by atoms with Crippen LogP contribution in [0, 0.1) is 0 Å². The summed E-state index contributed by atoms with van der Waals surface area (Å²) in [7, 11) is 1.43. The zero-order valence-electron chi connectivity index (χ0n) is 15.6. The van der Waals surface area contributed by atoms with E-state index in [1.54, 1.807) is 12.1 Å². The normalized spacial score (nSPS) is 14.1. The maximum atomic E-state index is 12.1. The number of nitrogens with one attached hydrogen (secondary N) is 1. The van der Waals surface area contributed by atoms with Crippen LogP contribution in [0.15, 0.2) is 42.5 Å². The van der Waals surface area contributed by atoms with Gasteiger partial charge < -0.3 is 10.1 Å². The van der Waals surface area contributed by atoms with Crippen LogP contribution in [0.1, 0.15) is 52.5 Å². The van der Waals surface area contributed by atoms with E-state index in [0.717, 1.165) is 11.3 Å². The topological polar surface area (TPSA) is 75.7 Å². The number of imide groups is 1. The summed E-state index contributed by atoms with van der Waals surface area (Å²) in [5.41, 5.74) is 2.32. The van der Waals surface area contributed by atoms with Crippen molar-refractivity contribution >= 4 is 23.4 Å². The van der Waals surface area contributed by atoms with E-state index in [1.165, 1.54) is 18.7 Å². The van der Waals surface area contributed by atoms with Crippen molar-refractivity contribution < 1.29 is 19.1 Å². The molecule has 0 saturated carbocycles. The van der Waals surface area contributed by atoms with Crippen LogP contribution >= 0.6 is 0 Å². The molecule has 1 heterocycles. The number of carbonyl (C=O) groups is 3. The Balaban J connectivity index is 1.59. The third kappa shape index (κ3) is 3.84. The number of benzene rings is 2. The minimum absolute atomic E-state index is 0.146. The van der Waals surface area contributed by atoms with Crippen molar-refractivity contribution in [2.24, 2.45) is 0 Å². The average molecular weight is 366 g/mol. The van der Waals surface area contributed by atoms with Crippen molar-refractivity contribution in [1.82, 2.24) is 4.90 Å². The zero-order chi connectivity index (χ0) is 19.6. The van der Waals surface area contributed by atoms with Gasteiger partial charge in [0.05, 0.1) is 11.1 Å². The van der Waals surface area contributed by atoms with Crippen LogP contribution in [0.4, 0.5) is 5.69 Å². The second-order valence-electron chi connectivity index (χ2n) is 6.64. The van der Waals surface area contributed by atoms with Gasteiger partial charge in [-0.1, -0.05) is 26.0 Å². The lowest BCUT2D eigenvalue weighted by molar-refractivity contribution is -0.118. The number of ether oxygens (including phenoxy) is 1. The number of fused-ring (bicyclic) bond motifs is 1. The highest BCUT2D eigenvalue weighted by Crippen LogP contribution is 2.25. The Morgan fingerprint density at radius 1 is 1.07 bits per heavy atom. The van der Waals surface area contributed by atoms with E-state index in [2.05, 4.69) is 19.2 Å². The van der Waals surface area contributed by atoms with Gasteiger partial charge in [0.1, 0.15) is 5.75 Å². The predicted molar refractivity (Wildman–Crippen MR) is 102 cm³/mol. The van der Waals surface area contributed by atoms with Crippen LogP contribution in [0.25, 0.3) is 0 Å². The van der Waals surface area contributed by atoms with Gasteiger partial charge >= 0.3 is 0 Å². The Kier molecular flexibility index (Phi) is 5.26. The quantitative estimate of drug-likeness (QED) is 0.795. The molecule has 1 N–H and O–H groups in total. The van der Waals surface area contributed by atoms with E-state index < -0.39 is 0 Å². The number of nitrogens with zero attached hydrogens (tertiary/aromatic N) is 1. The first-order chi connectivity index (χ1) is 12.9. The molecular formula is C21H22N2O4. The van der Waals surface area contributed by atoms with E-state index in [9.17, 15) is 14.4 Å². The van der Waals surface area contributed by atoms with E-state index in [0.29, 0.717) is 28.5 Å². The Morgan fingerprint density at radius 2 is 1.74 bits per heavy atom. The van der Waals surface area contributed by atoms with Gasteiger partial charge in [-0.05, 0) is 48.2 Å². The third-order valence-electron chi connectivity index (χ3n) is 4.80. The van der Waals surface area contributed by atoms with Crippen molar-refractivity contribution in [3.05, 3.63) is 59.2 Å². The Labute approximate surface area is 158 Å². The molecule has 6 heteroatoms. The second kappa shape index (κ2) is 7.61. The zero-order valence-corrected chi connectivity index (χ0v) is 15.6. The molecule has 2 aromatic rings. The van der Waals surface area contributed by atoms with Gasteiger partial charge in [-0.2, -0.15) is 0 Å². The molecule has 140 valence electrons. The van der Waals surface area contributed by atoms with Crippen molar-refractivity contribution in [3.63, 3.8) is 0 Å². The predicted octanol–water partition coefficient (Wildman–Crippen LogP) is 3.44. The average Bonchev–Trinajstić information content (AvgIpc) is 2.90. The smallest absolute Gasteiger partial charge is 0.262 e. The van der Waals surface area contributed by atoms with Crippen LogP contribution in [-0.2, 0) is 4.79 Å². The fourth-order valence-corrected chi connectivity index (χ4v) is 2.91. The van der Waals surface area contributed by atoms with Crippen LogP contribution in [-0.4, -0.2) is 36.3 Å². The van der Waals surface area contributed by atoms with Crippen LogP contribution in [0.2, 0.25) is 0 Å². The van der Waals surface area contributed by atoms with Crippen LogP contribution in [0.3, 0.4) is 0 Å². The molecule has 0 saturated heterocycles. The summed E-state index contributed by atoms with van der Waals surface area (Å²) in [6.07, 6.45) is 1.06. The number of carbonyl (C=O) groups excluding carboxylic acids is 3. The standard InChI is InChI=1S/C21H22N2O4/c1-4-13(2)14-5-8-16(9-6-14)27-12-19(24)22-15-7-10-17-18(11-15)21(26)23(3)20(17)25/h5-11,13H,4,12H2,1-3H3,(H,22,24). The van der Waals surface area contributed by atoms with E-state index in [1.807, 2.05) is 24.3 Å². The summed E-state index contributed by atoms with van der Waals surface area (Å²) in [6.45, 7) is 4.16. The van der Waals surface area contributed by atoms with Crippen molar-refractivity contribution in [3.8, 4) is 5.75 Å². The number of hydrogen-bond donors (Lipinski definition) is 1. The summed E-state index contributed by atoms with van der Waals surface area (Å²) in [4.78, 5) is 37.1. The lowest BCUT2D eigenvalue weighted by Gasteiger charge is -2.11. The largest absolute Gasteiger partial charge is 0.484 e. The van der Waals surface area contributed by atoms with Gasteiger partial charge in [-0.15, -0.1) is 0 Å². The molecule has 0 bridgehead atoms. The molecule has 1 aliphatic heterocycles. The van der Waals surface area contributed by atoms with Gasteiger partial charge in [0.25, 0.3) is 17.7 Å². The molecule has 3 amide bonds. The maximum Gasteiger partial charge on any atom is 0.262 e. The fraction of sp³-hybridized carbons (Fsp3) is 0.286. The van der Waals surface area contributed by atoms with E-state index in [4.69, 9.17) is 4.74 Å². The van der Waals surface area contributed by atoms with Gasteiger partial charge in [-0.25, -0.2) is 0 Å².